The molecule has 134 valence electrons. The predicted octanol–water partition coefficient (Wildman–Crippen LogP) is 3.54. The Kier molecular flexibility index (Phi) is 5.96. The molecule has 1 aromatic carbocycles. The lowest BCUT2D eigenvalue weighted by molar-refractivity contribution is 0.0504. The SMILES string of the molecule is CCCOC(=O)c1cc(C(=O)OCCC)c2c(C)c(C)c(=O)oc2c1. The van der Waals surface area contributed by atoms with Crippen molar-refractivity contribution in [2.75, 3.05) is 13.2 Å². The van der Waals surface area contributed by atoms with Crippen LogP contribution >= 0.6 is 0 Å². The first-order valence-corrected chi connectivity index (χ1v) is 8.33. The number of carbonyl (C=O) groups excluding carboxylic acids is 2. The van der Waals surface area contributed by atoms with Crippen molar-refractivity contribution in [1.82, 2.24) is 0 Å². The lowest BCUT2D eigenvalue weighted by atomic mass is 9.99. The molecular formula is C19H22O6. The minimum Gasteiger partial charge on any atom is -0.462 e. The molecule has 2 rings (SSSR count). The van der Waals surface area contributed by atoms with E-state index in [0.29, 0.717) is 29.4 Å². The van der Waals surface area contributed by atoms with Crippen molar-refractivity contribution in [3.8, 4) is 0 Å². The molecule has 0 N–H and O–H groups in total. The number of carbonyl (C=O) groups is 2. The molecule has 0 saturated carbocycles. The Morgan fingerprint density at radius 1 is 0.960 bits per heavy atom. The highest BCUT2D eigenvalue weighted by atomic mass is 16.5. The molecule has 1 aromatic heterocycles. The molecule has 0 saturated heterocycles. The molecule has 25 heavy (non-hydrogen) atoms. The van der Waals surface area contributed by atoms with Crippen LogP contribution in [-0.4, -0.2) is 25.2 Å². The Labute approximate surface area is 145 Å². The Balaban J connectivity index is 2.67. The number of hydrogen-bond acceptors (Lipinski definition) is 6. The molecule has 0 aliphatic heterocycles. The summed E-state index contributed by atoms with van der Waals surface area (Å²) in [5.41, 5.74) is 1.05. The van der Waals surface area contributed by atoms with E-state index in [0.717, 1.165) is 0 Å². The highest BCUT2D eigenvalue weighted by Crippen LogP contribution is 2.26. The van der Waals surface area contributed by atoms with Gasteiger partial charge in [-0.1, -0.05) is 13.8 Å². The van der Waals surface area contributed by atoms with E-state index in [1.165, 1.54) is 12.1 Å². The van der Waals surface area contributed by atoms with Crippen LogP contribution in [0, 0.1) is 13.8 Å². The average molecular weight is 346 g/mol. The van der Waals surface area contributed by atoms with Crippen LogP contribution in [0.3, 0.4) is 0 Å². The molecule has 0 aliphatic rings. The first-order valence-electron chi connectivity index (χ1n) is 8.33. The maximum absolute atomic E-state index is 12.5. The van der Waals surface area contributed by atoms with Crippen molar-refractivity contribution in [2.45, 2.75) is 40.5 Å². The Morgan fingerprint density at radius 2 is 1.56 bits per heavy atom. The third-order valence-corrected chi connectivity index (χ3v) is 3.88. The van der Waals surface area contributed by atoms with Crippen LogP contribution in [0.2, 0.25) is 0 Å². The molecule has 0 bridgehead atoms. The first kappa shape index (κ1) is 18.7. The van der Waals surface area contributed by atoms with Gasteiger partial charge in [0.25, 0.3) is 0 Å². The first-order chi connectivity index (χ1) is 11.9. The quantitative estimate of drug-likeness (QED) is 0.588. The lowest BCUT2D eigenvalue weighted by Crippen LogP contribution is -2.14. The van der Waals surface area contributed by atoms with E-state index in [2.05, 4.69) is 0 Å². The predicted molar refractivity (Wildman–Crippen MR) is 93.1 cm³/mol. The fourth-order valence-corrected chi connectivity index (χ4v) is 2.43. The zero-order valence-electron chi connectivity index (χ0n) is 14.9. The van der Waals surface area contributed by atoms with Gasteiger partial charge in [-0.2, -0.15) is 0 Å². The number of hydrogen-bond donors (Lipinski definition) is 0. The third-order valence-electron chi connectivity index (χ3n) is 3.88. The summed E-state index contributed by atoms with van der Waals surface area (Å²) >= 11 is 0. The number of ether oxygens (including phenoxy) is 2. The molecule has 1 heterocycles. The van der Waals surface area contributed by atoms with E-state index < -0.39 is 17.6 Å². The van der Waals surface area contributed by atoms with Gasteiger partial charge < -0.3 is 13.9 Å². The zero-order chi connectivity index (χ0) is 18.6. The topological polar surface area (TPSA) is 82.8 Å². The van der Waals surface area contributed by atoms with Gasteiger partial charge >= 0.3 is 17.6 Å². The second-order valence-electron chi connectivity index (χ2n) is 5.81. The Bertz CT molecular complexity index is 862. The largest absolute Gasteiger partial charge is 0.462 e. The summed E-state index contributed by atoms with van der Waals surface area (Å²) in [4.78, 5) is 36.6. The van der Waals surface area contributed by atoms with Gasteiger partial charge in [-0.25, -0.2) is 14.4 Å². The molecule has 6 nitrogen and oxygen atoms in total. The number of fused-ring (bicyclic) bond motifs is 1. The van der Waals surface area contributed by atoms with Gasteiger partial charge in [0.05, 0.1) is 24.3 Å². The van der Waals surface area contributed by atoms with E-state index in [1.807, 2.05) is 13.8 Å². The summed E-state index contributed by atoms with van der Waals surface area (Å²) in [5.74, 6) is -1.14. The molecule has 0 spiro atoms. The van der Waals surface area contributed by atoms with Gasteiger partial charge in [0, 0.05) is 10.9 Å². The highest BCUT2D eigenvalue weighted by molar-refractivity contribution is 6.07. The maximum atomic E-state index is 12.5. The Morgan fingerprint density at radius 3 is 2.16 bits per heavy atom. The smallest absolute Gasteiger partial charge is 0.339 e. The molecule has 0 atom stereocenters. The van der Waals surface area contributed by atoms with Crippen LogP contribution in [0.4, 0.5) is 0 Å². The lowest BCUT2D eigenvalue weighted by Gasteiger charge is -2.12. The van der Waals surface area contributed by atoms with Crippen LogP contribution in [0.1, 0.15) is 58.5 Å². The summed E-state index contributed by atoms with van der Waals surface area (Å²) in [7, 11) is 0. The minimum absolute atomic E-state index is 0.149. The number of aryl methyl sites for hydroxylation is 1. The number of benzene rings is 1. The monoisotopic (exact) mass is 346 g/mol. The molecule has 0 aliphatic carbocycles. The van der Waals surface area contributed by atoms with Crippen LogP contribution < -0.4 is 5.63 Å². The fraction of sp³-hybridized carbons (Fsp3) is 0.421. The number of rotatable bonds is 6. The molecule has 0 fully saturated rings. The van der Waals surface area contributed by atoms with E-state index in [-0.39, 0.29) is 29.9 Å². The highest BCUT2D eigenvalue weighted by Gasteiger charge is 2.21. The van der Waals surface area contributed by atoms with Gasteiger partial charge in [0.1, 0.15) is 5.58 Å². The van der Waals surface area contributed by atoms with Gasteiger partial charge in [0.2, 0.25) is 0 Å². The summed E-state index contributed by atoms with van der Waals surface area (Å²) < 4.78 is 15.6. The van der Waals surface area contributed by atoms with Crippen LogP contribution in [0.25, 0.3) is 11.0 Å². The van der Waals surface area contributed by atoms with E-state index in [9.17, 15) is 14.4 Å². The van der Waals surface area contributed by atoms with Crippen molar-refractivity contribution in [1.29, 1.82) is 0 Å². The maximum Gasteiger partial charge on any atom is 0.339 e. The van der Waals surface area contributed by atoms with Crippen LogP contribution in [0.15, 0.2) is 21.3 Å². The van der Waals surface area contributed by atoms with Crippen molar-refractivity contribution in [3.63, 3.8) is 0 Å². The minimum atomic E-state index is -0.575. The van der Waals surface area contributed by atoms with Crippen LogP contribution in [0.5, 0.6) is 0 Å². The van der Waals surface area contributed by atoms with Gasteiger partial charge in [-0.15, -0.1) is 0 Å². The van der Waals surface area contributed by atoms with Gasteiger partial charge in [-0.05, 0) is 44.4 Å². The van der Waals surface area contributed by atoms with Crippen molar-refractivity contribution in [2.24, 2.45) is 0 Å². The van der Waals surface area contributed by atoms with Crippen molar-refractivity contribution >= 4 is 22.9 Å². The van der Waals surface area contributed by atoms with Gasteiger partial charge in [0.15, 0.2) is 0 Å². The van der Waals surface area contributed by atoms with Gasteiger partial charge in [-0.3, -0.25) is 0 Å². The summed E-state index contributed by atoms with van der Waals surface area (Å²) in [5, 5.41) is 0.477. The van der Waals surface area contributed by atoms with E-state index in [1.54, 1.807) is 13.8 Å². The van der Waals surface area contributed by atoms with Crippen LogP contribution in [-0.2, 0) is 9.47 Å². The molecular weight excluding hydrogens is 324 g/mol. The van der Waals surface area contributed by atoms with Crippen molar-refractivity contribution < 1.29 is 23.5 Å². The van der Waals surface area contributed by atoms with Crippen molar-refractivity contribution in [3.05, 3.63) is 44.8 Å². The molecule has 0 unspecified atom stereocenters. The molecule has 0 radical (unpaired) electrons. The fourth-order valence-electron chi connectivity index (χ4n) is 2.43. The molecule has 2 aromatic rings. The summed E-state index contributed by atoms with van der Waals surface area (Å²) in [6.45, 7) is 7.67. The molecule has 6 heteroatoms. The second-order valence-corrected chi connectivity index (χ2v) is 5.81. The molecule has 0 amide bonds. The zero-order valence-corrected chi connectivity index (χ0v) is 14.9. The second kappa shape index (κ2) is 7.96. The average Bonchev–Trinajstić information content (AvgIpc) is 2.61. The van der Waals surface area contributed by atoms with E-state index in [4.69, 9.17) is 13.9 Å². The third kappa shape index (κ3) is 3.90. The Hall–Kier alpha value is -2.63. The van der Waals surface area contributed by atoms with E-state index >= 15 is 0 Å². The number of esters is 2. The standard InChI is InChI=1S/C19H22O6/c1-5-7-23-18(21)13-9-14(19(22)24-8-6-2)16-11(3)12(4)17(20)25-15(16)10-13/h9-10H,5-8H2,1-4H3. The normalized spacial score (nSPS) is 10.7. The summed E-state index contributed by atoms with van der Waals surface area (Å²) in [6, 6.07) is 2.86. The summed E-state index contributed by atoms with van der Waals surface area (Å²) in [6.07, 6.45) is 1.35.